The summed E-state index contributed by atoms with van der Waals surface area (Å²) in [5.74, 6) is 0.659. The second kappa shape index (κ2) is 8.20. The molecular formula is C22H36O3. The Kier molecular flexibility index (Phi) is 6.69. The Balaban J connectivity index is 1.74. The average Bonchev–Trinajstić information content (AvgIpc) is 2.51. The fourth-order valence-electron chi connectivity index (χ4n) is 4.05. The van der Waals surface area contributed by atoms with Crippen molar-refractivity contribution in [1.82, 2.24) is 0 Å². The first kappa shape index (κ1) is 20.4. The lowest BCUT2D eigenvalue weighted by Gasteiger charge is -2.43. The minimum Gasteiger partial charge on any atom is -0.390 e. The molecule has 0 amide bonds. The van der Waals surface area contributed by atoms with Crippen LogP contribution in [-0.4, -0.2) is 28.0 Å². The molecular weight excluding hydrogens is 312 g/mol. The Morgan fingerprint density at radius 1 is 1.08 bits per heavy atom. The highest BCUT2D eigenvalue weighted by molar-refractivity contribution is 5.13. The van der Waals surface area contributed by atoms with Crippen LogP contribution in [0, 0.1) is 11.3 Å². The average molecular weight is 349 g/mol. The molecule has 3 nitrogen and oxygen atoms in total. The van der Waals surface area contributed by atoms with E-state index in [2.05, 4.69) is 20.8 Å². The molecule has 0 aromatic heterocycles. The van der Waals surface area contributed by atoms with Crippen LogP contribution < -0.4 is 0 Å². The number of hydrogen-bond donors (Lipinski definition) is 2. The van der Waals surface area contributed by atoms with Gasteiger partial charge in [0.2, 0.25) is 0 Å². The molecule has 0 bridgehead atoms. The summed E-state index contributed by atoms with van der Waals surface area (Å²) < 4.78 is 5.70. The molecule has 142 valence electrons. The van der Waals surface area contributed by atoms with Crippen LogP contribution in [0.15, 0.2) is 30.3 Å². The molecule has 1 aliphatic rings. The number of rotatable bonds is 7. The zero-order valence-corrected chi connectivity index (χ0v) is 16.4. The quantitative estimate of drug-likeness (QED) is 0.702. The molecule has 0 radical (unpaired) electrons. The van der Waals surface area contributed by atoms with E-state index in [1.807, 2.05) is 37.3 Å². The van der Waals surface area contributed by atoms with Gasteiger partial charge in [-0.3, -0.25) is 0 Å². The largest absolute Gasteiger partial charge is 0.390 e. The fourth-order valence-corrected chi connectivity index (χ4v) is 4.05. The third-order valence-corrected chi connectivity index (χ3v) is 5.75. The van der Waals surface area contributed by atoms with Gasteiger partial charge in [-0.1, -0.05) is 51.1 Å². The number of ether oxygens (including phenoxy) is 1. The van der Waals surface area contributed by atoms with Gasteiger partial charge in [-0.25, -0.2) is 0 Å². The van der Waals surface area contributed by atoms with Crippen LogP contribution in [0.25, 0.3) is 0 Å². The molecule has 1 fully saturated rings. The molecule has 0 heterocycles. The van der Waals surface area contributed by atoms with Crippen LogP contribution in [0.4, 0.5) is 0 Å². The first-order valence-electron chi connectivity index (χ1n) is 9.66. The van der Waals surface area contributed by atoms with Crippen molar-refractivity contribution in [3.63, 3.8) is 0 Å². The Labute approximate surface area is 153 Å². The van der Waals surface area contributed by atoms with Gasteiger partial charge in [0.05, 0.1) is 17.8 Å². The third kappa shape index (κ3) is 6.73. The zero-order chi connectivity index (χ0) is 18.6. The molecule has 1 atom stereocenters. The monoisotopic (exact) mass is 348 g/mol. The summed E-state index contributed by atoms with van der Waals surface area (Å²) in [5.41, 5.74) is -0.180. The molecule has 2 N–H and O–H groups in total. The van der Waals surface area contributed by atoms with Crippen LogP contribution in [-0.2, 0) is 11.3 Å². The molecule has 0 spiro atoms. The summed E-state index contributed by atoms with van der Waals surface area (Å²) in [6, 6.07) is 10.1. The molecule has 0 aliphatic heterocycles. The topological polar surface area (TPSA) is 49.7 Å². The van der Waals surface area contributed by atoms with Gasteiger partial charge < -0.3 is 14.9 Å². The maximum Gasteiger partial charge on any atom is 0.0716 e. The van der Waals surface area contributed by atoms with Crippen molar-refractivity contribution in [1.29, 1.82) is 0 Å². The molecule has 0 saturated heterocycles. The summed E-state index contributed by atoms with van der Waals surface area (Å²) >= 11 is 0. The summed E-state index contributed by atoms with van der Waals surface area (Å²) in [7, 11) is 0. The summed E-state index contributed by atoms with van der Waals surface area (Å²) in [6.45, 7) is 9.73. The summed E-state index contributed by atoms with van der Waals surface area (Å²) in [6.07, 6.45) is 4.64. The molecule has 1 unspecified atom stereocenters. The normalized spacial score (nSPS) is 27.0. The molecule has 1 aromatic carbocycles. The summed E-state index contributed by atoms with van der Waals surface area (Å²) in [5, 5.41) is 21.6. The van der Waals surface area contributed by atoms with Crippen molar-refractivity contribution < 1.29 is 14.9 Å². The van der Waals surface area contributed by atoms with Crippen molar-refractivity contribution >= 4 is 0 Å². The lowest BCUT2D eigenvalue weighted by Crippen LogP contribution is -2.44. The smallest absolute Gasteiger partial charge is 0.0716 e. The first-order chi connectivity index (χ1) is 11.6. The van der Waals surface area contributed by atoms with Gasteiger partial charge >= 0.3 is 0 Å². The van der Waals surface area contributed by atoms with Gasteiger partial charge in [0.25, 0.3) is 0 Å². The van der Waals surface area contributed by atoms with Gasteiger partial charge in [0, 0.05) is 13.0 Å². The van der Waals surface area contributed by atoms with Gasteiger partial charge in [-0.05, 0) is 55.9 Å². The number of hydrogen-bond acceptors (Lipinski definition) is 3. The van der Waals surface area contributed by atoms with Crippen LogP contribution in [0.2, 0.25) is 0 Å². The van der Waals surface area contributed by atoms with Gasteiger partial charge in [-0.15, -0.1) is 0 Å². The Bertz CT molecular complexity index is 508. The molecule has 25 heavy (non-hydrogen) atoms. The van der Waals surface area contributed by atoms with Crippen molar-refractivity contribution in [2.75, 3.05) is 6.61 Å². The molecule has 3 heteroatoms. The van der Waals surface area contributed by atoms with E-state index in [1.165, 1.54) is 0 Å². The fraction of sp³-hybridized carbons (Fsp3) is 0.727. The third-order valence-electron chi connectivity index (χ3n) is 5.75. The minimum atomic E-state index is -0.889. The van der Waals surface area contributed by atoms with E-state index in [4.69, 9.17) is 4.74 Å². The molecule has 1 aliphatic carbocycles. The minimum absolute atomic E-state index is 0.301. The predicted octanol–water partition coefficient (Wildman–Crippen LogP) is 4.70. The van der Waals surface area contributed by atoms with Crippen molar-refractivity contribution in [3.8, 4) is 0 Å². The highest BCUT2D eigenvalue weighted by Crippen LogP contribution is 2.44. The van der Waals surface area contributed by atoms with Crippen LogP contribution in [0.5, 0.6) is 0 Å². The SMILES string of the molecule is CC(O)(CCOCc1ccccc1)CC1(O)CCC(C(C)(C)C)CC1. The van der Waals surface area contributed by atoms with E-state index >= 15 is 0 Å². The second-order valence-electron chi connectivity index (χ2n) is 9.33. The van der Waals surface area contributed by atoms with E-state index < -0.39 is 11.2 Å². The predicted molar refractivity (Wildman–Crippen MR) is 102 cm³/mol. The standard InChI is InChI=1S/C22H36O3/c1-20(2,3)19-10-12-22(24,13-11-19)17-21(4,23)14-15-25-16-18-8-6-5-7-9-18/h5-9,19,23-24H,10-17H2,1-4H3. The van der Waals surface area contributed by atoms with E-state index in [0.29, 0.717) is 37.4 Å². The molecule has 1 saturated carbocycles. The Morgan fingerprint density at radius 2 is 1.68 bits per heavy atom. The van der Waals surface area contributed by atoms with Gasteiger partial charge in [0.15, 0.2) is 0 Å². The van der Waals surface area contributed by atoms with Crippen molar-refractivity contribution in [2.45, 2.75) is 84.0 Å². The van der Waals surface area contributed by atoms with Crippen molar-refractivity contribution in [2.24, 2.45) is 11.3 Å². The second-order valence-corrected chi connectivity index (χ2v) is 9.33. The van der Waals surface area contributed by atoms with Crippen LogP contribution >= 0.6 is 0 Å². The van der Waals surface area contributed by atoms with Crippen molar-refractivity contribution in [3.05, 3.63) is 35.9 Å². The highest BCUT2D eigenvalue weighted by atomic mass is 16.5. The molecule has 1 aromatic rings. The first-order valence-corrected chi connectivity index (χ1v) is 9.66. The van der Waals surface area contributed by atoms with Crippen LogP contribution in [0.3, 0.4) is 0 Å². The Morgan fingerprint density at radius 3 is 2.24 bits per heavy atom. The highest BCUT2D eigenvalue weighted by Gasteiger charge is 2.41. The van der Waals surface area contributed by atoms with E-state index in [1.54, 1.807) is 0 Å². The van der Waals surface area contributed by atoms with Gasteiger partial charge in [0.1, 0.15) is 0 Å². The summed E-state index contributed by atoms with van der Waals surface area (Å²) in [4.78, 5) is 0. The maximum atomic E-state index is 10.9. The maximum absolute atomic E-state index is 10.9. The molecule has 2 rings (SSSR count). The van der Waals surface area contributed by atoms with Crippen LogP contribution in [0.1, 0.15) is 71.8 Å². The Hall–Kier alpha value is -0.900. The lowest BCUT2D eigenvalue weighted by molar-refractivity contribution is -0.0957. The zero-order valence-electron chi connectivity index (χ0n) is 16.4. The number of aliphatic hydroxyl groups is 2. The lowest BCUT2D eigenvalue weighted by atomic mass is 9.66. The van der Waals surface area contributed by atoms with E-state index in [9.17, 15) is 10.2 Å². The number of benzene rings is 1. The van der Waals surface area contributed by atoms with E-state index in [0.717, 1.165) is 31.2 Å². The van der Waals surface area contributed by atoms with Gasteiger partial charge in [-0.2, -0.15) is 0 Å². The van der Waals surface area contributed by atoms with E-state index in [-0.39, 0.29) is 0 Å².